The molecule has 20 heavy (non-hydrogen) atoms. The number of carbonyl (C=O) groups excluding carboxylic acids is 1. The molecule has 1 aromatic carbocycles. The van der Waals surface area contributed by atoms with Crippen molar-refractivity contribution in [3.8, 4) is 0 Å². The van der Waals surface area contributed by atoms with E-state index in [0.29, 0.717) is 13.1 Å². The zero-order valence-corrected chi connectivity index (χ0v) is 12.1. The van der Waals surface area contributed by atoms with Crippen LogP contribution in [0.3, 0.4) is 0 Å². The van der Waals surface area contributed by atoms with Gasteiger partial charge in [-0.15, -0.1) is 0 Å². The van der Waals surface area contributed by atoms with Crippen LogP contribution in [0, 0.1) is 0 Å². The molecule has 0 radical (unpaired) electrons. The average Bonchev–Trinajstić information content (AvgIpc) is 2.49. The van der Waals surface area contributed by atoms with E-state index in [0.717, 1.165) is 18.5 Å². The minimum Gasteiger partial charge on any atom is -0.352 e. The van der Waals surface area contributed by atoms with Crippen molar-refractivity contribution in [2.24, 2.45) is 5.73 Å². The fourth-order valence-electron chi connectivity index (χ4n) is 2.54. The van der Waals surface area contributed by atoms with Gasteiger partial charge in [0.25, 0.3) is 5.91 Å². The number of nitrogens with zero attached hydrogens (tertiary/aromatic N) is 1. The number of benzene rings is 1. The second-order valence-electron chi connectivity index (χ2n) is 5.43. The van der Waals surface area contributed by atoms with E-state index in [2.05, 4.69) is 22.3 Å². The van der Waals surface area contributed by atoms with Crippen LogP contribution in [-0.2, 0) is 6.54 Å². The first kappa shape index (κ1) is 15.0. The molecule has 1 amide bonds. The molecule has 1 aliphatic heterocycles. The second kappa shape index (κ2) is 8.02. The highest BCUT2D eigenvalue weighted by Gasteiger charge is 2.11. The van der Waals surface area contributed by atoms with Gasteiger partial charge in [-0.25, -0.2) is 0 Å². The third-order valence-corrected chi connectivity index (χ3v) is 3.74. The Morgan fingerprint density at radius 1 is 1.15 bits per heavy atom. The van der Waals surface area contributed by atoms with Crippen LogP contribution in [0.4, 0.5) is 0 Å². The third-order valence-electron chi connectivity index (χ3n) is 3.74. The fraction of sp³-hybridized carbons (Fsp3) is 0.562. The lowest BCUT2D eigenvalue weighted by Crippen LogP contribution is -2.29. The molecule has 0 atom stereocenters. The summed E-state index contributed by atoms with van der Waals surface area (Å²) in [5.41, 5.74) is 7.42. The van der Waals surface area contributed by atoms with Gasteiger partial charge in [0.05, 0.1) is 0 Å². The molecule has 0 bridgehead atoms. The van der Waals surface area contributed by atoms with Crippen molar-refractivity contribution in [1.82, 2.24) is 10.2 Å². The van der Waals surface area contributed by atoms with Crippen LogP contribution in [0.5, 0.6) is 0 Å². The molecule has 0 aliphatic carbocycles. The molecule has 1 aromatic rings. The van der Waals surface area contributed by atoms with Crippen molar-refractivity contribution in [3.05, 3.63) is 35.4 Å². The zero-order valence-electron chi connectivity index (χ0n) is 12.1. The van der Waals surface area contributed by atoms with Crippen molar-refractivity contribution in [2.45, 2.75) is 32.2 Å². The molecule has 1 heterocycles. The molecule has 4 heteroatoms. The summed E-state index contributed by atoms with van der Waals surface area (Å²) >= 11 is 0. The summed E-state index contributed by atoms with van der Waals surface area (Å²) < 4.78 is 0. The van der Waals surface area contributed by atoms with Gasteiger partial charge in [-0.2, -0.15) is 0 Å². The van der Waals surface area contributed by atoms with E-state index in [4.69, 9.17) is 5.73 Å². The largest absolute Gasteiger partial charge is 0.352 e. The Morgan fingerprint density at radius 2 is 1.85 bits per heavy atom. The number of amides is 1. The average molecular weight is 275 g/mol. The number of nitrogens with one attached hydrogen (secondary N) is 1. The van der Waals surface area contributed by atoms with E-state index < -0.39 is 0 Å². The monoisotopic (exact) mass is 275 g/mol. The molecule has 0 spiro atoms. The van der Waals surface area contributed by atoms with Crippen LogP contribution in [0.1, 0.15) is 41.6 Å². The maximum atomic E-state index is 11.9. The molecule has 3 N–H and O–H groups in total. The van der Waals surface area contributed by atoms with E-state index in [1.54, 1.807) is 0 Å². The summed E-state index contributed by atoms with van der Waals surface area (Å²) in [5.74, 6) is -0.0111. The minimum atomic E-state index is -0.0111. The quantitative estimate of drug-likeness (QED) is 0.778. The van der Waals surface area contributed by atoms with Crippen molar-refractivity contribution < 1.29 is 4.79 Å². The van der Waals surface area contributed by atoms with Gasteiger partial charge in [0.1, 0.15) is 0 Å². The van der Waals surface area contributed by atoms with Crippen LogP contribution >= 0.6 is 0 Å². The first-order chi connectivity index (χ1) is 9.79. The lowest BCUT2D eigenvalue weighted by Gasteiger charge is -2.26. The van der Waals surface area contributed by atoms with Gasteiger partial charge >= 0.3 is 0 Å². The Balaban J connectivity index is 1.83. The maximum absolute atomic E-state index is 11.9. The lowest BCUT2D eigenvalue weighted by molar-refractivity contribution is 0.0953. The third kappa shape index (κ3) is 4.62. The lowest BCUT2D eigenvalue weighted by atomic mass is 10.1. The van der Waals surface area contributed by atoms with Gasteiger partial charge in [0, 0.05) is 18.7 Å². The van der Waals surface area contributed by atoms with E-state index in [1.807, 2.05) is 12.1 Å². The molecule has 1 aliphatic rings. The minimum absolute atomic E-state index is 0.0111. The Bertz CT molecular complexity index is 410. The van der Waals surface area contributed by atoms with E-state index in [1.165, 1.54) is 37.9 Å². The normalized spacial score (nSPS) is 16.1. The van der Waals surface area contributed by atoms with Crippen molar-refractivity contribution in [3.63, 3.8) is 0 Å². The summed E-state index contributed by atoms with van der Waals surface area (Å²) in [7, 11) is 0. The SMILES string of the molecule is NCCCNC(=O)c1ccc(CN2CCCCC2)cc1. The van der Waals surface area contributed by atoms with Gasteiger partial charge in [-0.3, -0.25) is 9.69 Å². The van der Waals surface area contributed by atoms with Crippen molar-refractivity contribution in [2.75, 3.05) is 26.2 Å². The summed E-state index contributed by atoms with van der Waals surface area (Å²) in [6.45, 7) is 4.64. The van der Waals surface area contributed by atoms with Gasteiger partial charge in [-0.05, 0) is 56.6 Å². The van der Waals surface area contributed by atoms with Crippen LogP contribution < -0.4 is 11.1 Å². The number of rotatable bonds is 6. The highest BCUT2D eigenvalue weighted by molar-refractivity contribution is 5.94. The van der Waals surface area contributed by atoms with Crippen molar-refractivity contribution >= 4 is 5.91 Å². The summed E-state index contributed by atoms with van der Waals surface area (Å²) in [6.07, 6.45) is 4.79. The molecule has 4 nitrogen and oxygen atoms in total. The van der Waals surface area contributed by atoms with Crippen LogP contribution in [0.25, 0.3) is 0 Å². The van der Waals surface area contributed by atoms with Gasteiger partial charge < -0.3 is 11.1 Å². The summed E-state index contributed by atoms with van der Waals surface area (Å²) in [6, 6.07) is 7.95. The topological polar surface area (TPSA) is 58.4 Å². The van der Waals surface area contributed by atoms with E-state index >= 15 is 0 Å². The van der Waals surface area contributed by atoms with Crippen molar-refractivity contribution in [1.29, 1.82) is 0 Å². The number of hydrogen-bond donors (Lipinski definition) is 2. The molecular weight excluding hydrogens is 250 g/mol. The van der Waals surface area contributed by atoms with Gasteiger partial charge in [-0.1, -0.05) is 18.6 Å². The Labute approximate surface area is 121 Å². The predicted molar refractivity (Wildman–Crippen MR) is 81.6 cm³/mol. The molecule has 2 rings (SSSR count). The van der Waals surface area contributed by atoms with E-state index in [-0.39, 0.29) is 5.91 Å². The molecular formula is C16H25N3O. The highest BCUT2D eigenvalue weighted by Crippen LogP contribution is 2.13. The smallest absolute Gasteiger partial charge is 0.251 e. The van der Waals surface area contributed by atoms with Gasteiger partial charge in [0.2, 0.25) is 0 Å². The second-order valence-corrected chi connectivity index (χ2v) is 5.43. The highest BCUT2D eigenvalue weighted by atomic mass is 16.1. The molecule has 0 saturated carbocycles. The number of carbonyl (C=O) groups is 1. The fourth-order valence-corrected chi connectivity index (χ4v) is 2.54. The number of nitrogens with two attached hydrogens (primary N) is 1. The Kier molecular flexibility index (Phi) is 6.02. The number of likely N-dealkylation sites (tertiary alicyclic amines) is 1. The maximum Gasteiger partial charge on any atom is 0.251 e. The van der Waals surface area contributed by atoms with E-state index in [9.17, 15) is 4.79 Å². The Morgan fingerprint density at radius 3 is 2.50 bits per heavy atom. The van der Waals surface area contributed by atoms with Crippen LogP contribution in [0.15, 0.2) is 24.3 Å². The number of hydrogen-bond acceptors (Lipinski definition) is 3. The number of piperidine rings is 1. The predicted octanol–water partition coefficient (Wildman–Crippen LogP) is 1.75. The molecule has 110 valence electrons. The zero-order chi connectivity index (χ0) is 14.2. The molecule has 1 fully saturated rings. The van der Waals surface area contributed by atoms with Crippen LogP contribution in [0.2, 0.25) is 0 Å². The first-order valence-electron chi connectivity index (χ1n) is 7.59. The van der Waals surface area contributed by atoms with Gasteiger partial charge in [0.15, 0.2) is 0 Å². The Hall–Kier alpha value is -1.39. The van der Waals surface area contributed by atoms with Crippen LogP contribution in [-0.4, -0.2) is 37.0 Å². The standard InChI is InChI=1S/C16H25N3O/c17-9-4-10-18-16(20)15-7-5-14(6-8-15)13-19-11-2-1-3-12-19/h5-8H,1-4,9-13,17H2,(H,18,20). The summed E-state index contributed by atoms with van der Waals surface area (Å²) in [4.78, 5) is 14.3. The first-order valence-corrected chi connectivity index (χ1v) is 7.59. The molecule has 0 aromatic heterocycles. The molecule has 1 saturated heterocycles. The molecule has 0 unspecified atom stereocenters. The summed E-state index contributed by atoms with van der Waals surface area (Å²) in [5, 5.41) is 2.87.